The lowest BCUT2D eigenvalue weighted by molar-refractivity contribution is -0.377. The molecule has 1 N–H and O–H groups in total. The van der Waals surface area contributed by atoms with Crippen LogP contribution in [0.15, 0.2) is 41.4 Å². The molecule has 0 aromatic carbocycles. The van der Waals surface area contributed by atoms with Crippen molar-refractivity contribution in [2.24, 2.45) is 0 Å². The van der Waals surface area contributed by atoms with Gasteiger partial charge in [-0.25, -0.2) is 9.97 Å². The number of nitrogens with zero attached hydrogens (tertiary/aromatic N) is 1. The van der Waals surface area contributed by atoms with Crippen LogP contribution in [-0.2, 0) is 0 Å². The summed E-state index contributed by atoms with van der Waals surface area (Å²) in [5, 5.41) is 0. The lowest BCUT2D eigenvalue weighted by Gasteiger charge is -1.87. The van der Waals surface area contributed by atoms with Crippen LogP contribution in [0.2, 0.25) is 0 Å². The van der Waals surface area contributed by atoms with Gasteiger partial charge in [-0.05, 0) is 0 Å². The Morgan fingerprint density at radius 1 is 1.27 bits per heavy atom. The number of hydrogen-bond acceptors (Lipinski definition) is 2. The van der Waals surface area contributed by atoms with Gasteiger partial charge >= 0.3 is 0 Å². The van der Waals surface area contributed by atoms with Crippen LogP contribution in [0.4, 0.5) is 0 Å². The minimum absolute atomic E-state index is 0.652. The Morgan fingerprint density at radius 2 is 2.09 bits per heavy atom. The summed E-state index contributed by atoms with van der Waals surface area (Å²) in [7, 11) is 0. The van der Waals surface area contributed by atoms with E-state index in [0.29, 0.717) is 5.89 Å². The van der Waals surface area contributed by atoms with Gasteiger partial charge in [-0.2, -0.15) is 0 Å². The number of aromatic amines is 1. The standard InChI is InChI=1S/C8H6N2O/c1-3-9-4-2-7(1)8-10-5-6-11-8/h1-6H/p+1. The molecule has 0 saturated heterocycles. The zero-order chi connectivity index (χ0) is 7.52. The van der Waals surface area contributed by atoms with E-state index in [0.717, 1.165) is 5.56 Å². The van der Waals surface area contributed by atoms with E-state index in [2.05, 4.69) is 9.97 Å². The molecule has 0 saturated carbocycles. The Balaban J connectivity index is 2.46. The third kappa shape index (κ3) is 1.12. The second kappa shape index (κ2) is 2.54. The average Bonchev–Trinajstić information content (AvgIpc) is 2.58. The minimum Gasteiger partial charge on any atom is -0.445 e. The third-order valence-corrected chi connectivity index (χ3v) is 1.40. The molecule has 0 aliphatic heterocycles. The summed E-state index contributed by atoms with van der Waals surface area (Å²) >= 11 is 0. The predicted octanol–water partition coefficient (Wildman–Crippen LogP) is 1.16. The van der Waals surface area contributed by atoms with Crippen molar-refractivity contribution in [3.8, 4) is 11.5 Å². The van der Waals surface area contributed by atoms with Gasteiger partial charge in [-0.15, -0.1) is 0 Å². The Labute approximate surface area is 63.7 Å². The van der Waals surface area contributed by atoms with Gasteiger partial charge in [-0.3, -0.25) is 0 Å². The largest absolute Gasteiger partial charge is 0.445 e. The Bertz CT molecular complexity index is 315. The SMILES string of the molecule is c1coc(-c2cc[nH+]cc2)n1. The van der Waals surface area contributed by atoms with Gasteiger partial charge in [0.25, 0.3) is 0 Å². The second-order valence-electron chi connectivity index (χ2n) is 2.13. The lowest BCUT2D eigenvalue weighted by atomic mass is 10.3. The maximum Gasteiger partial charge on any atom is 0.226 e. The minimum atomic E-state index is 0.652. The molecule has 0 aliphatic carbocycles. The monoisotopic (exact) mass is 147 g/mol. The van der Waals surface area contributed by atoms with Gasteiger partial charge in [-0.1, -0.05) is 0 Å². The molecule has 2 rings (SSSR count). The average molecular weight is 147 g/mol. The molecule has 3 nitrogen and oxygen atoms in total. The van der Waals surface area contributed by atoms with Crippen LogP contribution in [0, 0.1) is 0 Å². The molecule has 0 radical (unpaired) electrons. The van der Waals surface area contributed by atoms with Crippen LogP contribution < -0.4 is 4.98 Å². The summed E-state index contributed by atoms with van der Waals surface area (Å²) in [6, 6.07) is 3.82. The number of pyridine rings is 1. The van der Waals surface area contributed by atoms with E-state index in [1.54, 1.807) is 12.5 Å². The number of rotatable bonds is 1. The molecule has 0 unspecified atom stereocenters. The van der Waals surface area contributed by atoms with Crippen LogP contribution in [0.3, 0.4) is 0 Å². The third-order valence-electron chi connectivity index (χ3n) is 1.40. The normalized spacial score (nSPS) is 9.82. The number of H-pyrrole nitrogens is 1. The molecule has 0 spiro atoms. The molecule has 0 fully saturated rings. The first-order valence-electron chi connectivity index (χ1n) is 3.33. The second-order valence-corrected chi connectivity index (χ2v) is 2.13. The van der Waals surface area contributed by atoms with Gasteiger partial charge < -0.3 is 4.42 Å². The van der Waals surface area contributed by atoms with Crippen molar-refractivity contribution in [3.63, 3.8) is 0 Å². The first kappa shape index (κ1) is 6.09. The van der Waals surface area contributed by atoms with E-state index in [9.17, 15) is 0 Å². The van der Waals surface area contributed by atoms with E-state index >= 15 is 0 Å². The van der Waals surface area contributed by atoms with Crippen LogP contribution in [0.1, 0.15) is 0 Å². The van der Waals surface area contributed by atoms with Crippen molar-refractivity contribution in [1.29, 1.82) is 0 Å². The smallest absolute Gasteiger partial charge is 0.226 e. The molecule has 0 amide bonds. The number of nitrogens with one attached hydrogen (secondary N) is 1. The van der Waals surface area contributed by atoms with Crippen molar-refractivity contribution >= 4 is 0 Å². The molecule has 0 aliphatic rings. The Kier molecular flexibility index (Phi) is 1.41. The van der Waals surface area contributed by atoms with Gasteiger partial charge in [0.2, 0.25) is 5.89 Å². The van der Waals surface area contributed by atoms with Crippen LogP contribution in [0.25, 0.3) is 11.5 Å². The van der Waals surface area contributed by atoms with Crippen molar-refractivity contribution < 1.29 is 9.40 Å². The molecule has 3 heteroatoms. The number of aromatic nitrogens is 2. The summed E-state index contributed by atoms with van der Waals surface area (Å²) < 4.78 is 5.09. The first-order chi connectivity index (χ1) is 5.47. The topological polar surface area (TPSA) is 40.2 Å². The molecule has 2 aromatic heterocycles. The number of hydrogen-bond donors (Lipinski definition) is 0. The van der Waals surface area contributed by atoms with E-state index in [4.69, 9.17) is 4.42 Å². The van der Waals surface area contributed by atoms with Crippen LogP contribution >= 0.6 is 0 Å². The van der Waals surface area contributed by atoms with Crippen LogP contribution in [0.5, 0.6) is 0 Å². The zero-order valence-corrected chi connectivity index (χ0v) is 5.82. The molecule has 2 aromatic rings. The van der Waals surface area contributed by atoms with Gasteiger partial charge in [0.1, 0.15) is 6.26 Å². The van der Waals surface area contributed by atoms with E-state index in [-0.39, 0.29) is 0 Å². The maximum atomic E-state index is 5.09. The first-order valence-corrected chi connectivity index (χ1v) is 3.33. The summed E-state index contributed by atoms with van der Waals surface area (Å²) in [6.45, 7) is 0. The summed E-state index contributed by atoms with van der Waals surface area (Å²) in [6.07, 6.45) is 6.86. The highest BCUT2D eigenvalue weighted by Gasteiger charge is 2.00. The number of oxazole rings is 1. The highest BCUT2D eigenvalue weighted by atomic mass is 16.3. The van der Waals surface area contributed by atoms with Crippen molar-refractivity contribution in [2.45, 2.75) is 0 Å². The predicted molar refractivity (Wildman–Crippen MR) is 38.5 cm³/mol. The molecule has 0 bridgehead atoms. The molecule has 2 heterocycles. The van der Waals surface area contributed by atoms with Gasteiger partial charge in [0, 0.05) is 17.7 Å². The van der Waals surface area contributed by atoms with Crippen LogP contribution in [-0.4, -0.2) is 4.98 Å². The van der Waals surface area contributed by atoms with E-state index in [1.165, 1.54) is 0 Å². The van der Waals surface area contributed by atoms with Crippen molar-refractivity contribution in [1.82, 2.24) is 4.98 Å². The maximum absolute atomic E-state index is 5.09. The molecule has 0 atom stereocenters. The lowest BCUT2D eigenvalue weighted by Crippen LogP contribution is -1.96. The van der Waals surface area contributed by atoms with Crippen molar-refractivity contribution in [3.05, 3.63) is 37.0 Å². The quantitative estimate of drug-likeness (QED) is 0.607. The van der Waals surface area contributed by atoms with Gasteiger partial charge in [0.15, 0.2) is 12.4 Å². The fourth-order valence-electron chi connectivity index (χ4n) is 0.895. The highest BCUT2D eigenvalue weighted by Crippen LogP contribution is 2.13. The fraction of sp³-hybridized carbons (Fsp3) is 0. The Hall–Kier alpha value is -1.64. The summed E-state index contributed by atoms with van der Waals surface area (Å²) in [5.74, 6) is 0.652. The molecular weight excluding hydrogens is 140 g/mol. The zero-order valence-electron chi connectivity index (χ0n) is 5.82. The molecule has 11 heavy (non-hydrogen) atoms. The van der Waals surface area contributed by atoms with Crippen molar-refractivity contribution in [2.75, 3.05) is 0 Å². The van der Waals surface area contributed by atoms with Gasteiger partial charge in [0.05, 0.1) is 6.20 Å². The fourth-order valence-corrected chi connectivity index (χ4v) is 0.895. The summed E-state index contributed by atoms with van der Waals surface area (Å²) in [5.41, 5.74) is 0.980. The highest BCUT2D eigenvalue weighted by molar-refractivity contribution is 5.50. The molecule has 54 valence electrons. The Morgan fingerprint density at radius 3 is 2.73 bits per heavy atom. The van der Waals surface area contributed by atoms with E-state index < -0.39 is 0 Å². The van der Waals surface area contributed by atoms with E-state index in [1.807, 2.05) is 24.5 Å². The molecular formula is C8H7N2O+. The summed E-state index contributed by atoms with van der Waals surface area (Å²) in [4.78, 5) is 6.93.